The van der Waals surface area contributed by atoms with E-state index in [1.165, 1.54) is 21.9 Å². The van der Waals surface area contributed by atoms with Crippen molar-refractivity contribution in [2.24, 2.45) is 0 Å². The van der Waals surface area contributed by atoms with Gasteiger partial charge in [0.05, 0.1) is 11.0 Å². The minimum Gasteiger partial charge on any atom is -0.300 e. The number of benzene rings is 3. The summed E-state index contributed by atoms with van der Waals surface area (Å²) in [4.78, 5) is 4.85. The Kier molecular flexibility index (Phi) is 2.97. The van der Waals surface area contributed by atoms with Gasteiger partial charge in [-0.05, 0) is 46.8 Å². The normalized spacial score (nSPS) is 11.5. The number of rotatable bonds is 1. The fourth-order valence-corrected chi connectivity index (χ4v) is 3.78. The van der Waals surface area contributed by atoms with Crippen molar-refractivity contribution in [1.29, 1.82) is 0 Å². The second-order valence-corrected chi connectivity index (χ2v) is 6.80. The van der Waals surface area contributed by atoms with E-state index in [0.717, 1.165) is 21.2 Å². The lowest BCUT2D eigenvalue weighted by molar-refractivity contribution is 1.23. The van der Waals surface area contributed by atoms with Crippen LogP contribution in [-0.4, -0.2) is 9.38 Å². The van der Waals surface area contributed by atoms with Gasteiger partial charge >= 0.3 is 0 Å². The van der Waals surface area contributed by atoms with Crippen LogP contribution in [-0.2, 0) is 0 Å². The van der Waals surface area contributed by atoms with Gasteiger partial charge in [-0.3, -0.25) is 4.40 Å². The summed E-state index contributed by atoms with van der Waals surface area (Å²) < 4.78 is 3.24. The van der Waals surface area contributed by atoms with Crippen LogP contribution >= 0.6 is 15.9 Å². The van der Waals surface area contributed by atoms with Crippen molar-refractivity contribution in [3.05, 3.63) is 83.5 Å². The third-order valence-electron chi connectivity index (χ3n) is 4.46. The highest BCUT2D eigenvalue weighted by Gasteiger charge is 2.13. The Hall–Kier alpha value is -2.65. The predicted octanol–water partition coefficient (Wildman–Crippen LogP) is 6.07. The zero-order chi connectivity index (χ0) is 16.1. The quantitative estimate of drug-likeness (QED) is 0.349. The lowest BCUT2D eigenvalue weighted by Crippen LogP contribution is -1.86. The molecule has 24 heavy (non-hydrogen) atoms. The molecule has 3 heteroatoms. The van der Waals surface area contributed by atoms with E-state index in [1.807, 2.05) is 18.2 Å². The second kappa shape index (κ2) is 5.18. The van der Waals surface area contributed by atoms with Crippen molar-refractivity contribution >= 4 is 43.4 Å². The first kappa shape index (κ1) is 13.8. The molecule has 2 aromatic heterocycles. The van der Waals surface area contributed by atoms with Gasteiger partial charge in [0.2, 0.25) is 0 Å². The molecule has 0 unspecified atom stereocenters. The number of pyridine rings is 1. The Morgan fingerprint density at radius 3 is 2.50 bits per heavy atom. The maximum Gasteiger partial charge on any atom is 0.137 e. The van der Waals surface area contributed by atoms with Crippen LogP contribution in [0, 0.1) is 0 Å². The van der Waals surface area contributed by atoms with E-state index in [1.54, 1.807) is 0 Å². The molecule has 0 fully saturated rings. The molecule has 0 N–H and O–H groups in total. The SMILES string of the molecule is Brc1cccc(-c2cc3c(nc4ccccn43)c3ccccc23)c1. The third-order valence-corrected chi connectivity index (χ3v) is 4.95. The fourth-order valence-electron chi connectivity index (χ4n) is 3.38. The lowest BCUT2D eigenvalue weighted by atomic mass is 9.97. The summed E-state index contributed by atoms with van der Waals surface area (Å²) >= 11 is 3.59. The Balaban J connectivity index is 2.00. The molecule has 0 amide bonds. The number of nitrogens with zero attached hydrogens (tertiary/aromatic N) is 2. The number of halogens is 1. The number of imidazole rings is 1. The van der Waals surface area contributed by atoms with Gasteiger partial charge in [-0.15, -0.1) is 0 Å². The molecule has 0 aliphatic heterocycles. The first-order valence-electron chi connectivity index (χ1n) is 7.86. The highest BCUT2D eigenvalue weighted by Crippen LogP contribution is 2.35. The number of fused-ring (bicyclic) bond motifs is 5. The minimum absolute atomic E-state index is 0.976. The number of hydrogen-bond acceptors (Lipinski definition) is 1. The van der Waals surface area contributed by atoms with E-state index in [4.69, 9.17) is 4.98 Å². The maximum atomic E-state index is 4.85. The molecule has 114 valence electrons. The van der Waals surface area contributed by atoms with Gasteiger partial charge in [-0.2, -0.15) is 0 Å². The average Bonchev–Trinajstić information content (AvgIpc) is 3.00. The van der Waals surface area contributed by atoms with Crippen molar-refractivity contribution in [1.82, 2.24) is 9.38 Å². The van der Waals surface area contributed by atoms with E-state index in [0.29, 0.717) is 0 Å². The summed E-state index contributed by atoms with van der Waals surface area (Å²) in [6.45, 7) is 0. The molecule has 0 saturated carbocycles. The molecule has 0 aliphatic rings. The second-order valence-electron chi connectivity index (χ2n) is 5.89. The zero-order valence-corrected chi connectivity index (χ0v) is 14.4. The van der Waals surface area contributed by atoms with Crippen LogP contribution in [0.25, 0.3) is 38.6 Å². The predicted molar refractivity (Wildman–Crippen MR) is 103 cm³/mol. The Bertz CT molecular complexity index is 1220. The molecule has 0 spiro atoms. The van der Waals surface area contributed by atoms with E-state index in [2.05, 4.69) is 81.1 Å². The van der Waals surface area contributed by atoms with E-state index in [-0.39, 0.29) is 0 Å². The van der Waals surface area contributed by atoms with Gasteiger partial charge in [0, 0.05) is 16.1 Å². The van der Waals surface area contributed by atoms with E-state index in [9.17, 15) is 0 Å². The topological polar surface area (TPSA) is 17.3 Å². The highest BCUT2D eigenvalue weighted by molar-refractivity contribution is 9.10. The standard InChI is InChI=1S/C21H13BrN2/c22-15-7-5-6-14(12-15)18-13-19-21(17-9-2-1-8-16(17)18)23-20-10-3-4-11-24(19)20/h1-13H. The smallest absolute Gasteiger partial charge is 0.137 e. The summed E-state index contributed by atoms with van der Waals surface area (Å²) in [5.41, 5.74) is 5.59. The molecule has 5 rings (SSSR count). The van der Waals surface area contributed by atoms with Gasteiger partial charge in [-0.1, -0.05) is 58.4 Å². The van der Waals surface area contributed by atoms with Gasteiger partial charge in [0.25, 0.3) is 0 Å². The van der Waals surface area contributed by atoms with Crippen LogP contribution in [0.2, 0.25) is 0 Å². The van der Waals surface area contributed by atoms with Gasteiger partial charge in [-0.25, -0.2) is 4.98 Å². The van der Waals surface area contributed by atoms with Crippen molar-refractivity contribution in [2.45, 2.75) is 0 Å². The van der Waals surface area contributed by atoms with Crippen LogP contribution in [0.4, 0.5) is 0 Å². The van der Waals surface area contributed by atoms with Crippen LogP contribution in [0.1, 0.15) is 0 Å². The third kappa shape index (κ3) is 1.98. The summed E-state index contributed by atoms with van der Waals surface area (Å²) in [6.07, 6.45) is 2.07. The van der Waals surface area contributed by atoms with Gasteiger partial charge in [0.1, 0.15) is 5.65 Å². The van der Waals surface area contributed by atoms with Crippen LogP contribution in [0.5, 0.6) is 0 Å². The minimum atomic E-state index is 0.976. The molecule has 2 heterocycles. The first-order valence-corrected chi connectivity index (χ1v) is 8.65. The molecule has 3 aromatic carbocycles. The molecule has 2 nitrogen and oxygen atoms in total. The Labute approximate surface area is 147 Å². The first-order chi connectivity index (χ1) is 11.8. The summed E-state index contributed by atoms with van der Waals surface area (Å²) in [5.74, 6) is 0. The highest BCUT2D eigenvalue weighted by atomic mass is 79.9. The van der Waals surface area contributed by atoms with Crippen molar-refractivity contribution < 1.29 is 0 Å². The van der Waals surface area contributed by atoms with Crippen molar-refractivity contribution in [2.75, 3.05) is 0 Å². The molecular formula is C21H13BrN2. The van der Waals surface area contributed by atoms with Gasteiger partial charge in [0.15, 0.2) is 0 Å². The molecule has 0 aliphatic carbocycles. The molecular weight excluding hydrogens is 360 g/mol. The summed E-state index contributed by atoms with van der Waals surface area (Å²) in [7, 11) is 0. The molecule has 0 bridgehead atoms. The summed E-state index contributed by atoms with van der Waals surface area (Å²) in [6, 6.07) is 25.3. The van der Waals surface area contributed by atoms with Crippen molar-refractivity contribution in [3.63, 3.8) is 0 Å². The summed E-state index contributed by atoms with van der Waals surface area (Å²) in [5, 5.41) is 2.42. The Morgan fingerprint density at radius 2 is 1.62 bits per heavy atom. The monoisotopic (exact) mass is 372 g/mol. The molecule has 0 atom stereocenters. The largest absolute Gasteiger partial charge is 0.300 e. The van der Waals surface area contributed by atoms with Crippen LogP contribution in [0.15, 0.2) is 83.5 Å². The number of hydrogen-bond donors (Lipinski definition) is 0. The van der Waals surface area contributed by atoms with Crippen molar-refractivity contribution in [3.8, 4) is 11.1 Å². The molecule has 0 radical (unpaired) electrons. The zero-order valence-electron chi connectivity index (χ0n) is 12.8. The van der Waals surface area contributed by atoms with Crippen LogP contribution in [0.3, 0.4) is 0 Å². The number of aromatic nitrogens is 2. The molecule has 5 aromatic rings. The van der Waals surface area contributed by atoms with E-state index >= 15 is 0 Å². The van der Waals surface area contributed by atoms with Crippen LogP contribution < -0.4 is 0 Å². The lowest BCUT2D eigenvalue weighted by Gasteiger charge is -2.09. The maximum absolute atomic E-state index is 4.85. The Morgan fingerprint density at radius 1 is 0.792 bits per heavy atom. The average molecular weight is 373 g/mol. The fraction of sp³-hybridized carbons (Fsp3) is 0. The van der Waals surface area contributed by atoms with Gasteiger partial charge < -0.3 is 0 Å². The van der Waals surface area contributed by atoms with E-state index < -0.39 is 0 Å². The molecule has 0 saturated heterocycles.